The molecular formula is C10H11ClN2. The molecule has 3 heteroatoms. The summed E-state index contributed by atoms with van der Waals surface area (Å²) in [6.07, 6.45) is 0. The molecule has 2 nitrogen and oxygen atoms in total. The van der Waals surface area contributed by atoms with E-state index in [0.717, 1.165) is 5.69 Å². The summed E-state index contributed by atoms with van der Waals surface area (Å²) in [5.74, 6) is 0. The van der Waals surface area contributed by atoms with Gasteiger partial charge in [-0.1, -0.05) is 44.5 Å². The molecule has 68 valence electrons. The summed E-state index contributed by atoms with van der Waals surface area (Å²) in [4.78, 5) is 7.42. The molecule has 0 radical (unpaired) electrons. The van der Waals surface area contributed by atoms with E-state index in [9.17, 15) is 0 Å². The third kappa shape index (κ3) is 2.19. The second-order valence-electron chi connectivity index (χ2n) is 3.87. The Balaban J connectivity index is 3.20. The molecule has 0 fully saturated rings. The van der Waals surface area contributed by atoms with E-state index in [1.54, 1.807) is 6.07 Å². The molecule has 0 amide bonds. The zero-order valence-corrected chi connectivity index (χ0v) is 8.68. The van der Waals surface area contributed by atoms with Crippen molar-refractivity contribution in [1.82, 2.24) is 4.98 Å². The second-order valence-corrected chi connectivity index (χ2v) is 4.23. The Morgan fingerprint density at radius 3 is 2.38 bits per heavy atom. The van der Waals surface area contributed by atoms with Crippen molar-refractivity contribution in [2.24, 2.45) is 0 Å². The molecule has 0 aliphatic carbocycles. The van der Waals surface area contributed by atoms with Crippen LogP contribution in [0.2, 0.25) is 5.15 Å². The Hall–Kier alpha value is -1.07. The highest BCUT2D eigenvalue weighted by Gasteiger charge is 2.16. The number of hydrogen-bond donors (Lipinski definition) is 0. The third-order valence-corrected chi connectivity index (χ3v) is 2.00. The van der Waals surface area contributed by atoms with Gasteiger partial charge in [0.15, 0.2) is 0 Å². The predicted molar refractivity (Wildman–Crippen MR) is 54.2 cm³/mol. The summed E-state index contributed by atoms with van der Waals surface area (Å²) in [5.41, 5.74) is 1.30. The van der Waals surface area contributed by atoms with Gasteiger partial charge in [-0.25, -0.2) is 4.85 Å². The van der Waals surface area contributed by atoms with Gasteiger partial charge in [-0.15, -0.1) is 0 Å². The van der Waals surface area contributed by atoms with Gasteiger partial charge in [0.25, 0.3) is 0 Å². The van der Waals surface area contributed by atoms with Crippen LogP contribution in [0.3, 0.4) is 0 Å². The van der Waals surface area contributed by atoms with Gasteiger partial charge < -0.3 is 0 Å². The van der Waals surface area contributed by atoms with E-state index < -0.39 is 0 Å². The fourth-order valence-corrected chi connectivity index (χ4v) is 1.12. The largest absolute Gasteiger partial charge is 0.252 e. The molecule has 0 aromatic carbocycles. The fourth-order valence-electron chi connectivity index (χ4n) is 0.928. The lowest BCUT2D eigenvalue weighted by molar-refractivity contribution is 0.569. The monoisotopic (exact) mass is 194 g/mol. The number of hydrogen-bond acceptors (Lipinski definition) is 1. The average Bonchev–Trinajstić information content (AvgIpc) is 2.02. The van der Waals surface area contributed by atoms with Crippen molar-refractivity contribution in [1.29, 1.82) is 0 Å². The van der Waals surface area contributed by atoms with Crippen LogP contribution in [0, 0.1) is 6.57 Å². The van der Waals surface area contributed by atoms with E-state index in [1.807, 2.05) is 6.07 Å². The minimum absolute atomic E-state index is 0.0236. The first-order chi connectivity index (χ1) is 5.95. The van der Waals surface area contributed by atoms with Crippen LogP contribution in [0.5, 0.6) is 0 Å². The molecule has 0 unspecified atom stereocenters. The zero-order chi connectivity index (χ0) is 10.1. The first-order valence-corrected chi connectivity index (χ1v) is 4.37. The highest BCUT2D eigenvalue weighted by molar-refractivity contribution is 6.32. The third-order valence-electron chi connectivity index (χ3n) is 1.72. The normalized spacial score (nSPS) is 11.0. The van der Waals surface area contributed by atoms with Gasteiger partial charge in [-0.3, -0.25) is 4.98 Å². The number of pyridine rings is 1. The van der Waals surface area contributed by atoms with Crippen LogP contribution in [0.1, 0.15) is 26.5 Å². The molecule has 0 saturated carbocycles. The predicted octanol–water partition coefficient (Wildman–Crippen LogP) is 3.58. The first-order valence-electron chi connectivity index (χ1n) is 3.99. The lowest BCUT2D eigenvalue weighted by Gasteiger charge is -2.17. The van der Waals surface area contributed by atoms with Crippen LogP contribution in [0.25, 0.3) is 4.85 Å². The number of halogens is 1. The maximum Gasteiger partial charge on any atom is 0.223 e. The summed E-state index contributed by atoms with van der Waals surface area (Å²) < 4.78 is 0. The lowest BCUT2D eigenvalue weighted by atomic mass is 9.92. The van der Waals surface area contributed by atoms with Crippen LogP contribution in [0.4, 0.5) is 5.69 Å². The Bertz CT molecular complexity index is 358. The summed E-state index contributed by atoms with van der Waals surface area (Å²) in [6, 6.07) is 3.56. The summed E-state index contributed by atoms with van der Waals surface area (Å²) in [6.45, 7) is 13.0. The second kappa shape index (κ2) is 3.35. The molecule has 0 saturated heterocycles. The van der Waals surface area contributed by atoms with Crippen LogP contribution in [-0.4, -0.2) is 4.98 Å². The molecule has 1 rings (SSSR count). The minimum Gasteiger partial charge on any atom is -0.252 e. The quantitative estimate of drug-likeness (QED) is 0.456. The molecule has 1 aromatic rings. The van der Waals surface area contributed by atoms with Crippen LogP contribution < -0.4 is 0 Å². The summed E-state index contributed by atoms with van der Waals surface area (Å²) >= 11 is 5.81. The molecule has 0 spiro atoms. The molecule has 1 aromatic heterocycles. The van der Waals surface area contributed by atoms with Gasteiger partial charge in [0, 0.05) is 11.1 Å². The molecule has 0 bridgehead atoms. The zero-order valence-electron chi connectivity index (χ0n) is 7.93. The highest BCUT2D eigenvalue weighted by Crippen LogP contribution is 2.27. The van der Waals surface area contributed by atoms with Crippen molar-refractivity contribution < 1.29 is 0 Å². The maximum absolute atomic E-state index is 6.81. The smallest absolute Gasteiger partial charge is 0.223 e. The number of aromatic nitrogens is 1. The van der Waals surface area contributed by atoms with E-state index in [0.29, 0.717) is 10.8 Å². The molecule has 0 N–H and O–H groups in total. The fraction of sp³-hybridized carbons (Fsp3) is 0.400. The molecule has 13 heavy (non-hydrogen) atoms. The Morgan fingerprint density at radius 2 is 2.00 bits per heavy atom. The van der Waals surface area contributed by atoms with Gasteiger partial charge in [-0.05, 0) is 0 Å². The lowest BCUT2D eigenvalue weighted by Crippen LogP contribution is -2.13. The van der Waals surface area contributed by atoms with Crippen molar-refractivity contribution in [2.75, 3.05) is 0 Å². The van der Waals surface area contributed by atoms with Gasteiger partial charge in [0.2, 0.25) is 5.69 Å². The van der Waals surface area contributed by atoms with E-state index in [1.165, 1.54) is 0 Å². The van der Waals surface area contributed by atoms with Crippen LogP contribution >= 0.6 is 11.6 Å². The molecule has 0 aliphatic rings. The maximum atomic E-state index is 6.81. The Morgan fingerprint density at radius 1 is 1.38 bits per heavy atom. The van der Waals surface area contributed by atoms with Gasteiger partial charge >= 0.3 is 0 Å². The molecule has 0 atom stereocenters. The summed E-state index contributed by atoms with van der Waals surface area (Å²) in [5, 5.41) is 0.294. The molecule has 0 aliphatic heterocycles. The SMILES string of the molecule is [C-]#[N+]c1ccc(C(C)(C)C)nc1Cl. The standard InChI is InChI=1S/C10H11ClN2/c1-10(2,3)8-6-5-7(12-4)9(11)13-8/h5-6H,1-3H3. The van der Waals surface area contributed by atoms with Gasteiger partial charge in [-0.2, -0.15) is 0 Å². The van der Waals surface area contributed by atoms with Crippen molar-refractivity contribution in [3.8, 4) is 0 Å². The highest BCUT2D eigenvalue weighted by atomic mass is 35.5. The van der Waals surface area contributed by atoms with Crippen molar-refractivity contribution in [3.05, 3.63) is 34.4 Å². The average molecular weight is 195 g/mol. The van der Waals surface area contributed by atoms with E-state index >= 15 is 0 Å². The van der Waals surface area contributed by atoms with Gasteiger partial charge in [0.1, 0.15) is 5.15 Å². The minimum atomic E-state index is -0.0236. The van der Waals surface area contributed by atoms with Crippen molar-refractivity contribution in [2.45, 2.75) is 26.2 Å². The van der Waals surface area contributed by atoms with Crippen LogP contribution in [-0.2, 0) is 5.41 Å². The molecule has 1 heterocycles. The van der Waals surface area contributed by atoms with Gasteiger partial charge in [0.05, 0.1) is 6.57 Å². The summed E-state index contributed by atoms with van der Waals surface area (Å²) in [7, 11) is 0. The first kappa shape index (κ1) is 10.0. The Kier molecular flexibility index (Phi) is 2.58. The van der Waals surface area contributed by atoms with Crippen LogP contribution in [0.15, 0.2) is 12.1 Å². The molecular weight excluding hydrogens is 184 g/mol. The van der Waals surface area contributed by atoms with Crippen molar-refractivity contribution >= 4 is 17.3 Å². The topological polar surface area (TPSA) is 17.2 Å². The number of nitrogens with zero attached hydrogens (tertiary/aromatic N) is 2. The van der Waals surface area contributed by atoms with Crippen molar-refractivity contribution in [3.63, 3.8) is 0 Å². The van der Waals surface area contributed by atoms with E-state index in [-0.39, 0.29) is 5.41 Å². The van der Waals surface area contributed by atoms with E-state index in [2.05, 4.69) is 30.6 Å². The Labute approximate surface area is 83.4 Å². The number of rotatable bonds is 0. The van der Waals surface area contributed by atoms with E-state index in [4.69, 9.17) is 18.2 Å².